The molecule has 10 heteroatoms. The van der Waals surface area contributed by atoms with Gasteiger partial charge in [-0.1, -0.05) is 24.3 Å². The van der Waals surface area contributed by atoms with Crippen molar-refractivity contribution in [1.82, 2.24) is 10.3 Å². The highest BCUT2D eigenvalue weighted by atomic mass is 32.2. The van der Waals surface area contributed by atoms with Crippen molar-refractivity contribution in [2.24, 2.45) is 0 Å². The standard InChI is InChI=1S/C19H17N3O5S2/c23-18(21-11-14-6-7-16-17(10-14)27-13-26-16)12-22(19-20-8-9-28-19)29(24,25)15-4-2-1-3-5-15/h1-10H,11-13H2,(H,21,23). The maximum atomic E-state index is 13.1. The molecule has 3 aromatic rings. The first-order valence-corrected chi connectivity index (χ1v) is 11.0. The fourth-order valence-corrected chi connectivity index (χ4v) is 5.02. The molecule has 29 heavy (non-hydrogen) atoms. The largest absolute Gasteiger partial charge is 0.454 e. The van der Waals surface area contributed by atoms with E-state index in [9.17, 15) is 13.2 Å². The lowest BCUT2D eigenvalue weighted by molar-refractivity contribution is -0.119. The van der Waals surface area contributed by atoms with E-state index in [1.54, 1.807) is 35.7 Å². The number of amides is 1. The van der Waals surface area contributed by atoms with E-state index in [0.717, 1.165) is 21.2 Å². The number of thiazole rings is 1. The highest BCUT2D eigenvalue weighted by molar-refractivity contribution is 7.93. The van der Waals surface area contributed by atoms with Gasteiger partial charge in [-0.15, -0.1) is 11.3 Å². The van der Waals surface area contributed by atoms with Crippen LogP contribution >= 0.6 is 11.3 Å². The first-order chi connectivity index (χ1) is 14.0. The quantitative estimate of drug-likeness (QED) is 0.617. The highest BCUT2D eigenvalue weighted by Crippen LogP contribution is 2.32. The predicted octanol–water partition coefficient (Wildman–Crippen LogP) is 2.38. The molecule has 0 aliphatic carbocycles. The van der Waals surface area contributed by atoms with Crippen LogP contribution in [0.3, 0.4) is 0 Å². The van der Waals surface area contributed by atoms with Gasteiger partial charge in [-0.2, -0.15) is 0 Å². The van der Waals surface area contributed by atoms with Crippen LogP contribution in [0.15, 0.2) is 65.0 Å². The average Bonchev–Trinajstić information content (AvgIpc) is 3.42. The number of hydrogen-bond acceptors (Lipinski definition) is 7. The molecule has 1 aromatic heterocycles. The Labute approximate surface area is 171 Å². The van der Waals surface area contributed by atoms with Crippen molar-refractivity contribution in [2.45, 2.75) is 11.4 Å². The van der Waals surface area contributed by atoms with E-state index in [1.807, 2.05) is 6.07 Å². The summed E-state index contributed by atoms with van der Waals surface area (Å²) in [4.78, 5) is 16.7. The Balaban J connectivity index is 1.49. The molecule has 1 N–H and O–H groups in total. The zero-order valence-corrected chi connectivity index (χ0v) is 16.8. The molecule has 150 valence electrons. The molecule has 0 unspecified atom stereocenters. The number of rotatable bonds is 7. The highest BCUT2D eigenvalue weighted by Gasteiger charge is 2.28. The zero-order valence-electron chi connectivity index (χ0n) is 15.1. The van der Waals surface area contributed by atoms with Crippen LogP contribution in [0, 0.1) is 0 Å². The summed E-state index contributed by atoms with van der Waals surface area (Å²) in [6, 6.07) is 13.3. The van der Waals surface area contributed by atoms with Gasteiger partial charge in [0.2, 0.25) is 12.7 Å². The summed E-state index contributed by atoms with van der Waals surface area (Å²) >= 11 is 1.15. The number of nitrogens with one attached hydrogen (secondary N) is 1. The molecule has 0 saturated carbocycles. The minimum Gasteiger partial charge on any atom is -0.454 e. The third-order valence-corrected chi connectivity index (χ3v) is 6.84. The minimum atomic E-state index is -3.93. The van der Waals surface area contributed by atoms with Gasteiger partial charge in [0.1, 0.15) is 6.54 Å². The fraction of sp³-hybridized carbons (Fsp3) is 0.158. The van der Waals surface area contributed by atoms with E-state index in [1.165, 1.54) is 18.3 Å². The van der Waals surface area contributed by atoms with Gasteiger partial charge < -0.3 is 14.8 Å². The Morgan fingerprint density at radius 2 is 1.93 bits per heavy atom. The topological polar surface area (TPSA) is 97.8 Å². The number of fused-ring (bicyclic) bond motifs is 1. The number of ether oxygens (including phenoxy) is 2. The van der Waals surface area contributed by atoms with Gasteiger partial charge in [0, 0.05) is 18.1 Å². The third kappa shape index (κ3) is 4.17. The molecule has 1 aliphatic rings. The molecule has 0 fully saturated rings. The number of benzene rings is 2. The van der Waals surface area contributed by atoms with Crippen LogP contribution in [-0.4, -0.2) is 32.6 Å². The van der Waals surface area contributed by atoms with E-state index in [4.69, 9.17) is 9.47 Å². The van der Waals surface area contributed by atoms with Crippen LogP contribution in [0.5, 0.6) is 11.5 Å². The van der Waals surface area contributed by atoms with Crippen LogP contribution in [-0.2, 0) is 21.4 Å². The lowest BCUT2D eigenvalue weighted by Crippen LogP contribution is -2.40. The van der Waals surface area contributed by atoms with Crippen molar-refractivity contribution < 1.29 is 22.7 Å². The van der Waals surface area contributed by atoms with Crippen molar-refractivity contribution in [3.05, 3.63) is 65.7 Å². The molecule has 4 rings (SSSR count). The summed E-state index contributed by atoms with van der Waals surface area (Å²) in [5.41, 5.74) is 0.814. The number of carbonyl (C=O) groups excluding carboxylic acids is 1. The smallest absolute Gasteiger partial charge is 0.266 e. The van der Waals surface area contributed by atoms with Crippen molar-refractivity contribution in [2.75, 3.05) is 17.6 Å². The molecule has 2 heterocycles. The van der Waals surface area contributed by atoms with Crippen LogP contribution in [0.1, 0.15) is 5.56 Å². The number of anilines is 1. The van der Waals surface area contributed by atoms with Gasteiger partial charge in [-0.05, 0) is 29.8 Å². The summed E-state index contributed by atoms with van der Waals surface area (Å²) in [6.07, 6.45) is 1.50. The van der Waals surface area contributed by atoms with Gasteiger partial charge in [0.05, 0.1) is 4.90 Å². The second-order valence-corrected chi connectivity index (χ2v) is 8.84. The van der Waals surface area contributed by atoms with Gasteiger partial charge >= 0.3 is 0 Å². The number of carbonyl (C=O) groups is 1. The van der Waals surface area contributed by atoms with Gasteiger partial charge in [-0.3, -0.25) is 4.79 Å². The maximum Gasteiger partial charge on any atom is 0.266 e. The molecule has 1 aliphatic heterocycles. The fourth-order valence-electron chi connectivity index (χ4n) is 2.75. The molecular formula is C19H17N3O5S2. The molecule has 1 amide bonds. The zero-order chi connectivity index (χ0) is 20.3. The summed E-state index contributed by atoms with van der Waals surface area (Å²) in [5.74, 6) is 0.828. The molecule has 0 bridgehead atoms. The number of aromatic nitrogens is 1. The Morgan fingerprint density at radius 3 is 2.69 bits per heavy atom. The van der Waals surface area contributed by atoms with Crippen LogP contribution in [0.2, 0.25) is 0 Å². The molecule has 8 nitrogen and oxygen atoms in total. The average molecular weight is 431 g/mol. The lowest BCUT2D eigenvalue weighted by Gasteiger charge is -2.21. The van der Waals surface area contributed by atoms with E-state index in [2.05, 4.69) is 10.3 Å². The Bertz CT molecular complexity index is 1100. The van der Waals surface area contributed by atoms with E-state index >= 15 is 0 Å². The van der Waals surface area contributed by atoms with Gasteiger partial charge in [-0.25, -0.2) is 17.7 Å². The second kappa shape index (κ2) is 8.10. The number of hydrogen-bond donors (Lipinski definition) is 1. The third-order valence-electron chi connectivity index (χ3n) is 4.18. The maximum absolute atomic E-state index is 13.1. The van der Waals surface area contributed by atoms with Gasteiger partial charge in [0.25, 0.3) is 10.0 Å². The number of sulfonamides is 1. The first kappa shape index (κ1) is 19.2. The molecule has 0 radical (unpaired) electrons. The SMILES string of the molecule is O=C(CN(c1nccs1)S(=O)(=O)c1ccccc1)NCc1ccc2c(c1)OCO2. The Hall–Kier alpha value is -3.11. The normalized spacial score (nSPS) is 12.6. The van der Waals surface area contributed by atoms with Crippen LogP contribution in [0.25, 0.3) is 0 Å². The number of nitrogens with zero attached hydrogens (tertiary/aromatic N) is 2. The van der Waals surface area contributed by atoms with E-state index in [0.29, 0.717) is 11.5 Å². The van der Waals surface area contributed by atoms with E-state index < -0.39 is 15.9 Å². The first-order valence-electron chi connectivity index (χ1n) is 8.66. The van der Waals surface area contributed by atoms with Crippen molar-refractivity contribution in [1.29, 1.82) is 0 Å². The summed E-state index contributed by atoms with van der Waals surface area (Å²) in [6.45, 7) is 0.0210. The Morgan fingerprint density at radius 1 is 1.14 bits per heavy atom. The monoisotopic (exact) mass is 431 g/mol. The summed E-state index contributed by atoms with van der Waals surface area (Å²) < 4.78 is 37.7. The van der Waals surface area contributed by atoms with Crippen molar-refractivity contribution in [3.8, 4) is 11.5 Å². The lowest BCUT2D eigenvalue weighted by atomic mass is 10.2. The van der Waals surface area contributed by atoms with E-state index in [-0.39, 0.29) is 29.9 Å². The minimum absolute atomic E-state index is 0.0961. The molecule has 0 spiro atoms. The molecule has 0 atom stereocenters. The van der Waals surface area contributed by atoms with Crippen LogP contribution in [0.4, 0.5) is 5.13 Å². The second-order valence-electron chi connectivity index (χ2n) is 6.10. The summed E-state index contributed by atoms with van der Waals surface area (Å²) in [5, 5.41) is 4.63. The molecule has 0 saturated heterocycles. The van der Waals surface area contributed by atoms with Gasteiger partial charge in [0.15, 0.2) is 16.6 Å². The molecular weight excluding hydrogens is 414 g/mol. The van der Waals surface area contributed by atoms with Crippen LogP contribution < -0.4 is 19.1 Å². The van der Waals surface area contributed by atoms with Crippen molar-refractivity contribution >= 4 is 32.4 Å². The summed E-state index contributed by atoms with van der Waals surface area (Å²) in [7, 11) is -3.93. The molecule has 2 aromatic carbocycles. The predicted molar refractivity (Wildman–Crippen MR) is 107 cm³/mol. The Kier molecular flexibility index (Phi) is 5.36. The van der Waals surface area contributed by atoms with Crippen molar-refractivity contribution in [3.63, 3.8) is 0 Å².